The van der Waals surface area contributed by atoms with Crippen molar-refractivity contribution in [2.45, 2.75) is 0 Å². The molecule has 0 fully saturated rings. The Bertz CT molecular complexity index is 248. The van der Waals surface area contributed by atoms with Gasteiger partial charge >= 0.3 is 0 Å². The normalized spacial score (nSPS) is 11.9. The van der Waals surface area contributed by atoms with Crippen LogP contribution in [-0.4, -0.2) is 4.57 Å². The predicted molar refractivity (Wildman–Crippen MR) is 35.2 cm³/mol. The van der Waals surface area contributed by atoms with Gasteiger partial charge in [0.2, 0.25) is 0 Å². The van der Waals surface area contributed by atoms with Gasteiger partial charge in [0.1, 0.15) is 0 Å². The maximum Gasteiger partial charge on any atom is 0.151 e. The van der Waals surface area contributed by atoms with Gasteiger partial charge in [-0.2, -0.15) is 5.10 Å². The Morgan fingerprint density at radius 1 is 1.56 bits per heavy atom. The lowest BCUT2D eigenvalue weighted by Crippen LogP contribution is -2.17. The fourth-order valence-electron chi connectivity index (χ4n) is 0.648. The highest BCUT2D eigenvalue weighted by Gasteiger charge is 1.78. The standard InChI is InChI=1S/C6H9N3/c1-9-5-3-2-4-6(9)8-7/h2-5H,7H2,1H3/b8-6-. The molecule has 0 radical (unpaired) electrons. The molecule has 1 aromatic rings. The molecule has 1 aromatic heterocycles. The fraction of sp³-hybridized carbons (Fsp3) is 0.167. The smallest absolute Gasteiger partial charge is 0.151 e. The van der Waals surface area contributed by atoms with Gasteiger partial charge in [-0.15, -0.1) is 0 Å². The Kier molecular flexibility index (Phi) is 1.53. The van der Waals surface area contributed by atoms with E-state index in [9.17, 15) is 0 Å². The van der Waals surface area contributed by atoms with Crippen molar-refractivity contribution in [2.75, 3.05) is 0 Å². The van der Waals surface area contributed by atoms with Crippen LogP contribution >= 0.6 is 0 Å². The minimum absolute atomic E-state index is 0.775. The van der Waals surface area contributed by atoms with Crippen LogP contribution in [0.3, 0.4) is 0 Å². The summed E-state index contributed by atoms with van der Waals surface area (Å²) in [6.45, 7) is 0. The molecule has 0 saturated heterocycles. The first-order chi connectivity index (χ1) is 4.34. The molecule has 0 aliphatic carbocycles. The summed E-state index contributed by atoms with van der Waals surface area (Å²) >= 11 is 0. The van der Waals surface area contributed by atoms with Gasteiger partial charge in [-0.1, -0.05) is 6.07 Å². The van der Waals surface area contributed by atoms with Crippen molar-refractivity contribution in [1.82, 2.24) is 4.57 Å². The van der Waals surface area contributed by atoms with E-state index in [0.29, 0.717) is 0 Å². The predicted octanol–water partition coefficient (Wildman–Crippen LogP) is -0.201. The average Bonchev–Trinajstić information content (AvgIpc) is 1.89. The average molecular weight is 123 g/mol. The van der Waals surface area contributed by atoms with E-state index < -0.39 is 0 Å². The van der Waals surface area contributed by atoms with E-state index in [1.165, 1.54) is 0 Å². The molecule has 3 nitrogen and oxygen atoms in total. The third-order valence-electron chi connectivity index (χ3n) is 1.16. The van der Waals surface area contributed by atoms with E-state index in [-0.39, 0.29) is 0 Å². The van der Waals surface area contributed by atoms with Gasteiger partial charge < -0.3 is 10.4 Å². The van der Waals surface area contributed by atoms with Crippen LogP contribution in [0.1, 0.15) is 0 Å². The van der Waals surface area contributed by atoms with Crippen LogP contribution in [0.15, 0.2) is 29.5 Å². The van der Waals surface area contributed by atoms with Gasteiger partial charge in [0.25, 0.3) is 0 Å². The first-order valence-electron chi connectivity index (χ1n) is 2.70. The van der Waals surface area contributed by atoms with Crippen LogP contribution in [0.25, 0.3) is 0 Å². The molecule has 0 aliphatic heterocycles. The van der Waals surface area contributed by atoms with Gasteiger partial charge in [-0.3, -0.25) is 0 Å². The van der Waals surface area contributed by atoms with E-state index in [4.69, 9.17) is 5.84 Å². The SMILES string of the molecule is Cn1cccc/c1=N/N. The molecular weight excluding hydrogens is 114 g/mol. The molecule has 48 valence electrons. The van der Waals surface area contributed by atoms with Gasteiger partial charge in [0.15, 0.2) is 5.49 Å². The van der Waals surface area contributed by atoms with Crippen molar-refractivity contribution in [2.24, 2.45) is 18.0 Å². The number of rotatable bonds is 0. The molecule has 9 heavy (non-hydrogen) atoms. The first-order valence-corrected chi connectivity index (χ1v) is 2.70. The lowest BCUT2D eigenvalue weighted by Gasteiger charge is -1.93. The summed E-state index contributed by atoms with van der Waals surface area (Å²) in [7, 11) is 1.89. The maximum atomic E-state index is 5.05. The highest BCUT2D eigenvalue weighted by atomic mass is 15.2. The number of nitrogens with zero attached hydrogens (tertiary/aromatic N) is 2. The Morgan fingerprint density at radius 3 is 2.78 bits per heavy atom. The van der Waals surface area contributed by atoms with Crippen molar-refractivity contribution in [3.63, 3.8) is 0 Å². The third-order valence-corrected chi connectivity index (χ3v) is 1.16. The fourth-order valence-corrected chi connectivity index (χ4v) is 0.648. The number of aryl methyl sites for hydroxylation is 1. The van der Waals surface area contributed by atoms with Crippen LogP contribution in [0.5, 0.6) is 0 Å². The molecule has 0 aliphatic rings. The highest BCUT2D eigenvalue weighted by Crippen LogP contribution is 1.74. The van der Waals surface area contributed by atoms with E-state index in [2.05, 4.69) is 5.10 Å². The van der Waals surface area contributed by atoms with Crippen molar-refractivity contribution >= 4 is 0 Å². The minimum atomic E-state index is 0.775. The number of hydrogen-bond donors (Lipinski definition) is 1. The second kappa shape index (κ2) is 2.35. The first kappa shape index (κ1) is 5.88. The molecule has 0 unspecified atom stereocenters. The second-order valence-corrected chi connectivity index (χ2v) is 1.80. The van der Waals surface area contributed by atoms with Gasteiger partial charge in [0, 0.05) is 13.2 Å². The zero-order chi connectivity index (χ0) is 6.69. The summed E-state index contributed by atoms with van der Waals surface area (Å²) in [5.74, 6) is 5.05. The topological polar surface area (TPSA) is 43.3 Å². The van der Waals surface area contributed by atoms with Crippen LogP contribution in [0.2, 0.25) is 0 Å². The van der Waals surface area contributed by atoms with E-state index in [1.807, 2.05) is 36.0 Å². The molecule has 2 N–H and O–H groups in total. The van der Waals surface area contributed by atoms with Gasteiger partial charge in [-0.25, -0.2) is 0 Å². The molecule has 0 saturated carbocycles. The largest absolute Gasteiger partial charge is 0.335 e. The molecule has 0 amide bonds. The molecule has 0 aromatic carbocycles. The summed E-state index contributed by atoms with van der Waals surface area (Å²) in [4.78, 5) is 0. The van der Waals surface area contributed by atoms with E-state index in [0.717, 1.165) is 5.49 Å². The molecule has 3 heteroatoms. The monoisotopic (exact) mass is 123 g/mol. The number of hydrogen-bond acceptors (Lipinski definition) is 2. The maximum absolute atomic E-state index is 5.05. The van der Waals surface area contributed by atoms with Gasteiger partial charge in [0.05, 0.1) is 0 Å². The summed E-state index contributed by atoms with van der Waals surface area (Å²) in [5, 5.41) is 3.53. The molecule has 0 atom stereocenters. The zero-order valence-corrected chi connectivity index (χ0v) is 5.28. The number of pyridine rings is 1. The Hall–Kier alpha value is -1.25. The molecular formula is C6H9N3. The summed E-state index contributed by atoms with van der Waals surface area (Å²) in [5.41, 5.74) is 0.775. The molecule has 1 heterocycles. The number of aromatic nitrogens is 1. The van der Waals surface area contributed by atoms with Crippen molar-refractivity contribution in [3.05, 3.63) is 29.9 Å². The molecule has 1 rings (SSSR count). The van der Waals surface area contributed by atoms with Crippen LogP contribution in [-0.2, 0) is 7.05 Å². The van der Waals surface area contributed by atoms with Crippen LogP contribution < -0.4 is 11.3 Å². The Labute approximate surface area is 53.4 Å². The zero-order valence-electron chi connectivity index (χ0n) is 5.28. The highest BCUT2D eigenvalue weighted by molar-refractivity contribution is 4.91. The lowest BCUT2D eigenvalue weighted by atomic mass is 10.5. The summed E-state index contributed by atoms with van der Waals surface area (Å²) in [6.07, 6.45) is 1.89. The Balaban J connectivity index is 3.33. The summed E-state index contributed by atoms with van der Waals surface area (Å²) < 4.78 is 1.85. The quantitative estimate of drug-likeness (QED) is 0.377. The van der Waals surface area contributed by atoms with Crippen LogP contribution in [0, 0.1) is 0 Å². The third kappa shape index (κ3) is 1.10. The second-order valence-electron chi connectivity index (χ2n) is 1.80. The number of nitrogens with two attached hydrogens (primary N) is 1. The van der Waals surface area contributed by atoms with Crippen molar-refractivity contribution in [1.29, 1.82) is 0 Å². The van der Waals surface area contributed by atoms with Crippen molar-refractivity contribution < 1.29 is 0 Å². The minimum Gasteiger partial charge on any atom is -0.335 e. The lowest BCUT2D eigenvalue weighted by molar-refractivity contribution is 0.815. The van der Waals surface area contributed by atoms with Gasteiger partial charge in [-0.05, 0) is 12.1 Å². The van der Waals surface area contributed by atoms with E-state index >= 15 is 0 Å². The van der Waals surface area contributed by atoms with Crippen LogP contribution in [0.4, 0.5) is 0 Å². The summed E-state index contributed by atoms with van der Waals surface area (Å²) in [6, 6.07) is 5.67. The molecule has 0 bridgehead atoms. The van der Waals surface area contributed by atoms with E-state index in [1.54, 1.807) is 0 Å². The molecule has 0 spiro atoms. The Morgan fingerprint density at radius 2 is 2.33 bits per heavy atom. The van der Waals surface area contributed by atoms with Crippen molar-refractivity contribution in [3.8, 4) is 0 Å².